The van der Waals surface area contributed by atoms with Gasteiger partial charge in [0.2, 0.25) is 24.3 Å². The first-order valence-corrected chi connectivity index (χ1v) is 7.71. The lowest BCUT2D eigenvalue weighted by Gasteiger charge is -2.17. The Labute approximate surface area is 153 Å². The molecule has 0 fully saturated rings. The normalized spacial score (nSPS) is 11.6. The first-order chi connectivity index (χ1) is 13.2. The SMILES string of the molecule is O=C=Nc1ccc(C(CC(N=C=O)c2ccc(N=C=O)cc2)N=C=O)cc1. The number of aliphatic imine (C=N–C) groups is 4. The summed E-state index contributed by atoms with van der Waals surface area (Å²) in [6, 6.07) is 11.7. The van der Waals surface area contributed by atoms with Crippen LogP contribution >= 0.6 is 0 Å². The van der Waals surface area contributed by atoms with Crippen LogP contribution in [0.3, 0.4) is 0 Å². The molecule has 0 amide bonds. The van der Waals surface area contributed by atoms with E-state index in [2.05, 4.69) is 20.0 Å². The number of carbonyl (C=O) groups excluding carboxylic acids is 4. The van der Waals surface area contributed by atoms with Crippen molar-refractivity contribution in [1.82, 2.24) is 0 Å². The molecule has 2 atom stereocenters. The standard InChI is InChI=1S/C19H12N4O4/c24-10-20-16-5-1-14(2-6-16)18(22-12-26)9-19(23-13-27)15-3-7-17(8-4-15)21-11-25/h1-8,18-19H,9H2. The van der Waals surface area contributed by atoms with E-state index in [9.17, 15) is 19.2 Å². The molecule has 132 valence electrons. The van der Waals surface area contributed by atoms with Gasteiger partial charge in [0, 0.05) is 6.42 Å². The number of nitrogens with zero attached hydrogens (tertiary/aromatic N) is 4. The maximum absolute atomic E-state index is 10.8. The lowest BCUT2D eigenvalue weighted by molar-refractivity contribution is 0.524. The van der Waals surface area contributed by atoms with Crippen molar-refractivity contribution in [3.63, 3.8) is 0 Å². The minimum Gasteiger partial charge on any atom is -0.211 e. The van der Waals surface area contributed by atoms with E-state index in [1.807, 2.05) is 0 Å². The number of isocyanates is 4. The highest BCUT2D eigenvalue weighted by Gasteiger charge is 2.19. The van der Waals surface area contributed by atoms with Crippen LogP contribution in [0.15, 0.2) is 68.5 Å². The molecule has 8 nitrogen and oxygen atoms in total. The quantitative estimate of drug-likeness (QED) is 0.529. The van der Waals surface area contributed by atoms with E-state index in [0.717, 1.165) is 0 Å². The monoisotopic (exact) mass is 360 g/mol. The molecule has 0 saturated carbocycles. The number of rotatable bonds is 8. The fourth-order valence-corrected chi connectivity index (χ4v) is 2.51. The van der Waals surface area contributed by atoms with Crippen molar-refractivity contribution >= 4 is 35.7 Å². The third-order valence-electron chi connectivity index (χ3n) is 3.77. The zero-order valence-corrected chi connectivity index (χ0v) is 13.9. The van der Waals surface area contributed by atoms with Gasteiger partial charge >= 0.3 is 0 Å². The molecule has 0 saturated heterocycles. The summed E-state index contributed by atoms with van der Waals surface area (Å²) >= 11 is 0. The topological polar surface area (TPSA) is 118 Å². The summed E-state index contributed by atoms with van der Waals surface area (Å²) in [5.74, 6) is 0. The third kappa shape index (κ3) is 5.48. The average molecular weight is 360 g/mol. The Morgan fingerprint density at radius 1 is 0.593 bits per heavy atom. The molecule has 0 heterocycles. The second kappa shape index (κ2) is 10.1. The van der Waals surface area contributed by atoms with E-state index in [4.69, 9.17) is 0 Å². The molecular weight excluding hydrogens is 348 g/mol. The molecule has 0 N–H and O–H groups in total. The van der Waals surface area contributed by atoms with E-state index in [1.165, 1.54) is 24.3 Å². The van der Waals surface area contributed by atoms with Crippen molar-refractivity contribution in [3.05, 3.63) is 59.7 Å². The molecule has 0 aliphatic heterocycles. The van der Waals surface area contributed by atoms with Crippen LogP contribution in [-0.4, -0.2) is 24.3 Å². The Morgan fingerprint density at radius 3 is 1.26 bits per heavy atom. The molecule has 2 aromatic rings. The summed E-state index contributed by atoms with van der Waals surface area (Å²) in [5, 5.41) is 0. The second-order valence-corrected chi connectivity index (χ2v) is 5.30. The molecule has 8 heteroatoms. The molecule has 2 unspecified atom stereocenters. The summed E-state index contributed by atoms with van der Waals surface area (Å²) in [4.78, 5) is 56.8. The highest BCUT2D eigenvalue weighted by Crippen LogP contribution is 2.33. The van der Waals surface area contributed by atoms with Crippen LogP contribution in [0.4, 0.5) is 11.4 Å². The molecule has 0 aromatic heterocycles. The predicted octanol–water partition coefficient (Wildman–Crippen LogP) is 3.47. The third-order valence-corrected chi connectivity index (χ3v) is 3.77. The Kier molecular flexibility index (Phi) is 7.19. The molecular formula is C19H12N4O4. The summed E-state index contributed by atoms with van der Waals surface area (Å²) in [6.07, 6.45) is 6.13. The average Bonchev–Trinajstić information content (AvgIpc) is 2.69. The highest BCUT2D eigenvalue weighted by molar-refractivity contribution is 5.51. The van der Waals surface area contributed by atoms with Gasteiger partial charge in [0.1, 0.15) is 0 Å². The molecule has 2 rings (SSSR count). The van der Waals surface area contributed by atoms with Gasteiger partial charge in [0.05, 0.1) is 23.5 Å². The van der Waals surface area contributed by atoms with Crippen LogP contribution in [0.5, 0.6) is 0 Å². The van der Waals surface area contributed by atoms with Gasteiger partial charge in [-0.2, -0.15) is 20.0 Å². The first-order valence-electron chi connectivity index (χ1n) is 7.71. The van der Waals surface area contributed by atoms with Crippen molar-refractivity contribution in [2.75, 3.05) is 0 Å². The lowest BCUT2D eigenvalue weighted by Crippen LogP contribution is -2.03. The fraction of sp³-hybridized carbons (Fsp3) is 0.158. The Morgan fingerprint density at radius 2 is 0.963 bits per heavy atom. The van der Waals surface area contributed by atoms with Crippen LogP contribution < -0.4 is 0 Å². The van der Waals surface area contributed by atoms with Gasteiger partial charge in [-0.1, -0.05) is 24.3 Å². The molecule has 0 aliphatic carbocycles. The largest absolute Gasteiger partial charge is 0.240 e. The van der Waals surface area contributed by atoms with Crippen LogP contribution in [0.2, 0.25) is 0 Å². The van der Waals surface area contributed by atoms with Crippen LogP contribution in [0.1, 0.15) is 29.6 Å². The van der Waals surface area contributed by atoms with Gasteiger partial charge in [-0.15, -0.1) is 0 Å². The van der Waals surface area contributed by atoms with Crippen LogP contribution in [-0.2, 0) is 19.2 Å². The van der Waals surface area contributed by atoms with E-state index in [0.29, 0.717) is 22.5 Å². The van der Waals surface area contributed by atoms with Gasteiger partial charge < -0.3 is 0 Å². The number of hydrogen-bond donors (Lipinski definition) is 0. The molecule has 2 aromatic carbocycles. The summed E-state index contributed by atoms with van der Waals surface area (Å²) in [5.41, 5.74) is 2.15. The van der Waals surface area contributed by atoms with Gasteiger partial charge in [0.15, 0.2) is 0 Å². The molecule has 0 bridgehead atoms. The number of hydrogen-bond acceptors (Lipinski definition) is 8. The molecule has 0 spiro atoms. The van der Waals surface area contributed by atoms with Crippen molar-refractivity contribution < 1.29 is 19.2 Å². The summed E-state index contributed by atoms with van der Waals surface area (Å²) in [7, 11) is 0. The molecule has 27 heavy (non-hydrogen) atoms. The Hall–Kier alpha value is -4.04. The van der Waals surface area contributed by atoms with Crippen molar-refractivity contribution in [2.45, 2.75) is 18.5 Å². The van der Waals surface area contributed by atoms with Gasteiger partial charge in [0.25, 0.3) is 0 Å². The Balaban J connectivity index is 2.31. The van der Waals surface area contributed by atoms with Gasteiger partial charge in [-0.3, -0.25) is 0 Å². The summed E-state index contributed by atoms with van der Waals surface area (Å²) < 4.78 is 0. The van der Waals surface area contributed by atoms with Gasteiger partial charge in [-0.25, -0.2) is 19.2 Å². The smallest absolute Gasteiger partial charge is 0.211 e. The van der Waals surface area contributed by atoms with E-state index in [1.54, 1.807) is 48.5 Å². The maximum atomic E-state index is 10.8. The predicted molar refractivity (Wildman–Crippen MR) is 94.8 cm³/mol. The van der Waals surface area contributed by atoms with Crippen LogP contribution in [0, 0.1) is 0 Å². The number of benzene rings is 2. The maximum Gasteiger partial charge on any atom is 0.240 e. The van der Waals surface area contributed by atoms with Crippen molar-refractivity contribution in [3.8, 4) is 0 Å². The minimum absolute atomic E-state index is 0.205. The highest BCUT2D eigenvalue weighted by atomic mass is 16.1. The lowest BCUT2D eigenvalue weighted by atomic mass is 9.95. The minimum atomic E-state index is -0.619. The molecule has 0 radical (unpaired) electrons. The van der Waals surface area contributed by atoms with Gasteiger partial charge in [-0.05, 0) is 35.4 Å². The van der Waals surface area contributed by atoms with Crippen molar-refractivity contribution in [2.24, 2.45) is 20.0 Å². The van der Waals surface area contributed by atoms with Crippen LogP contribution in [0.25, 0.3) is 0 Å². The first kappa shape index (κ1) is 19.3. The van der Waals surface area contributed by atoms with E-state index in [-0.39, 0.29) is 6.42 Å². The van der Waals surface area contributed by atoms with Crippen molar-refractivity contribution in [1.29, 1.82) is 0 Å². The van der Waals surface area contributed by atoms with E-state index < -0.39 is 12.1 Å². The zero-order chi connectivity index (χ0) is 19.5. The zero-order valence-electron chi connectivity index (χ0n) is 13.9. The summed E-state index contributed by atoms with van der Waals surface area (Å²) in [6.45, 7) is 0. The molecule has 0 aliphatic rings. The second-order valence-electron chi connectivity index (χ2n) is 5.30. The van der Waals surface area contributed by atoms with E-state index >= 15 is 0 Å². The Bertz CT molecular complexity index is 894. The fourth-order valence-electron chi connectivity index (χ4n) is 2.51.